The van der Waals surface area contributed by atoms with E-state index >= 15 is 0 Å². The zero-order valence-corrected chi connectivity index (χ0v) is 15.0. The fourth-order valence-corrected chi connectivity index (χ4v) is 3.04. The molecule has 12 heteroatoms. The van der Waals surface area contributed by atoms with Crippen LogP contribution in [0.1, 0.15) is 6.92 Å². The Morgan fingerprint density at radius 2 is 2.12 bits per heavy atom. The summed E-state index contributed by atoms with van der Waals surface area (Å²) in [6, 6.07) is -0.481. The maximum absolute atomic E-state index is 11.9. The van der Waals surface area contributed by atoms with Gasteiger partial charge in [-0.3, -0.25) is 4.57 Å². The molecule has 25 heavy (non-hydrogen) atoms. The summed E-state index contributed by atoms with van der Waals surface area (Å²) in [6.45, 7) is 2.26. The number of ether oxygens (including phenoxy) is 2. The first-order valence-electron chi connectivity index (χ1n) is 7.56. The molecule has 0 saturated heterocycles. The maximum Gasteiger partial charge on any atom is 0.353 e. The lowest BCUT2D eigenvalue weighted by atomic mass is 10.4. The lowest BCUT2D eigenvalue weighted by Gasteiger charge is -2.18. The van der Waals surface area contributed by atoms with E-state index in [1.165, 1.54) is 13.4 Å². The van der Waals surface area contributed by atoms with Crippen molar-refractivity contribution in [2.24, 2.45) is 5.73 Å². The highest BCUT2D eigenvalue weighted by Gasteiger charge is 2.23. The molecule has 2 heterocycles. The lowest BCUT2D eigenvalue weighted by molar-refractivity contribution is 0.0690. The van der Waals surface area contributed by atoms with Crippen LogP contribution in [0.4, 0.5) is 5.82 Å². The van der Waals surface area contributed by atoms with Crippen molar-refractivity contribution in [2.45, 2.75) is 25.6 Å². The second kappa shape index (κ2) is 8.65. The van der Waals surface area contributed by atoms with Gasteiger partial charge < -0.3 is 34.9 Å². The Labute approximate surface area is 144 Å². The number of hydrogen-bond donors (Lipinski definition) is 3. The van der Waals surface area contributed by atoms with Gasteiger partial charge in [0.1, 0.15) is 18.2 Å². The molecule has 0 aliphatic rings. The molecule has 0 aromatic carbocycles. The lowest BCUT2D eigenvalue weighted by Crippen LogP contribution is -2.30. The van der Waals surface area contributed by atoms with Gasteiger partial charge in [0.25, 0.3) is 0 Å². The number of rotatable bonds is 10. The third kappa shape index (κ3) is 5.70. The van der Waals surface area contributed by atoms with Gasteiger partial charge >= 0.3 is 7.60 Å². The van der Waals surface area contributed by atoms with Crippen LogP contribution in [0.2, 0.25) is 0 Å². The molecule has 0 amide bonds. The maximum atomic E-state index is 11.9. The second-order valence-electron chi connectivity index (χ2n) is 5.58. The van der Waals surface area contributed by atoms with Crippen molar-refractivity contribution in [3.63, 3.8) is 0 Å². The Morgan fingerprint density at radius 1 is 1.36 bits per heavy atom. The molecule has 11 nitrogen and oxygen atoms in total. The topological polar surface area (TPSA) is 161 Å². The number of methoxy groups -OCH3 is 1. The van der Waals surface area contributed by atoms with E-state index in [1.807, 2.05) is 0 Å². The summed E-state index contributed by atoms with van der Waals surface area (Å²) < 4.78 is 28.9. The molecular formula is C13H23N6O5P. The Morgan fingerprint density at radius 3 is 2.84 bits per heavy atom. The summed E-state index contributed by atoms with van der Waals surface area (Å²) in [5, 5.41) is 0. The number of nitrogen functional groups attached to an aromatic ring is 1. The summed E-state index contributed by atoms with van der Waals surface area (Å²) in [5.74, 6) is 0.290. The molecule has 5 N–H and O–H groups in total. The summed E-state index contributed by atoms with van der Waals surface area (Å²) >= 11 is 0. The molecule has 0 radical (unpaired) electrons. The summed E-state index contributed by atoms with van der Waals surface area (Å²) in [7, 11) is -2.41. The molecule has 2 aromatic heterocycles. The standard InChI is InChI=1S/C13H23N6O5P/c1-9(23-8-25(20,21)24-5-10(14)4-22-2)3-19-7-18-11-12(15)16-6-17-13(11)19/h6-7,9-10H,3-5,8,14H2,1-2H3,(H,20,21)(H2,15,16,17). The number of nitrogens with two attached hydrogens (primary N) is 2. The Bertz CT molecular complexity index is 741. The van der Waals surface area contributed by atoms with E-state index in [1.54, 1.807) is 17.8 Å². The molecule has 2 aromatic rings. The smallest absolute Gasteiger partial charge is 0.353 e. The highest BCUT2D eigenvalue weighted by molar-refractivity contribution is 7.52. The minimum absolute atomic E-state index is 0.0955. The van der Waals surface area contributed by atoms with Crippen LogP contribution in [-0.4, -0.2) is 63.2 Å². The Kier molecular flexibility index (Phi) is 6.82. The van der Waals surface area contributed by atoms with Crippen molar-refractivity contribution in [2.75, 3.05) is 32.4 Å². The molecule has 0 aliphatic carbocycles. The monoisotopic (exact) mass is 374 g/mol. The Hall–Kier alpha value is -1.62. The summed E-state index contributed by atoms with van der Waals surface area (Å²) in [4.78, 5) is 21.9. The molecule has 0 saturated carbocycles. The number of anilines is 1. The van der Waals surface area contributed by atoms with E-state index in [4.69, 9.17) is 25.5 Å². The van der Waals surface area contributed by atoms with Crippen molar-refractivity contribution in [1.82, 2.24) is 19.5 Å². The predicted octanol–water partition coefficient (Wildman–Crippen LogP) is -0.0532. The van der Waals surface area contributed by atoms with Crippen molar-refractivity contribution < 1.29 is 23.5 Å². The SMILES string of the molecule is COCC(N)COP(=O)(O)COC(C)Cn1cnc2c(N)ncnc21. The van der Waals surface area contributed by atoms with Crippen LogP contribution in [-0.2, 0) is 25.1 Å². The first-order valence-corrected chi connectivity index (χ1v) is 9.32. The zero-order valence-electron chi connectivity index (χ0n) is 14.1. The third-order valence-electron chi connectivity index (χ3n) is 3.28. The summed E-state index contributed by atoms with van der Waals surface area (Å²) in [6.07, 6.45) is 2.08. The molecule has 0 spiro atoms. The molecule has 0 fully saturated rings. The van der Waals surface area contributed by atoms with Crippen LogP contribution in [0.3, 0.4) is 0 Å². The van der Waals surface area contributed by atoms with Gasteiger partial charge in [0, 0.05) is 7.11 Å². The molecule has 140 valence electrons. The zero-order chi connectivity index (χ0) is 18.4. The van der Waals surface area contributed by atoms with Crippen LogP contribution in [0.15, 0.2) is 12.7 Å². The van der Waals surface area contributed by atoms with Gasteiger partial charge in [-0.25, -0.2) is 15.0 Å². The van der Waals surface area contributed by atoms with Crippen molar-refractivity contribution in [3.05, 3.63) is 12.7 Å². The molecule has 3 atom stereocenters. The van der Waals surface area contributed by atoms with Crippen LogP contribution in [0.25, 0.3) is 11.2 Å². The summed E-state index contributed by atoms with van der Waals surface area (Å²) in [5.41, 5.74) is 12.4. The third-order valence-corrected chi connectivity index (χ3v) is 4.30. The van der Waals surface area contributed by atoms with E-state index in [-0.39, 0.29) is 25.1 Å². The largest absolute Gasteiger partial charge is 0.383 e. The number of imidazole rings is 1. The first kappa shape index (κ1) is 19.7. The highest BCUT2D eigenvalue weighted by Crippen LogP contribution is 2.42. The predicted molar refractivity (Wildman–Crippen MR) is 90.8 cm³/mol. The van der Waals surface area contributed by atoms with Crippen LogP contribution in [0.5, 0.6) is 0 Å². The van der Waals surface area contributed by atoms with Crippen molar-refractivity contribution >= 4 is 24.6 Å². The van der Waals surface area contributed by atoms with E-state index in [9.17, 15) is 9.46 Å². The fourth-order valence-electron chi connectivity index (χ4n) is 2.10. The highest BCUT2D eigenvalue weighted by atomic mass is 31.2. The number of fused-ring (bicyclic) bond motifs is 1. The fraction of sp³-hybridized carbons (Fsp3) is 0.615. The minimum Gasteiger partial charge on any atom is -0.383 e. The average molecular weight is 374 g/mol. The van der Waals surface area contributed by atoms with E-state index in [2.05, 4.69) is 15.0 Å². The minimum atomic E-state index is -3.90. The van der Waals surface area contributed by atoms with Gasteiger partial charge in [0.15, 0.2) is 11.5 Å². The molecule has 2 rings (SSSR count). The second-order valence-corrected chi connectivity index (χ2v) is 7.37. The van der Waals surface area contributed by atoms with Crippen LogP contribution >= 0.6 is 7.60 Å². The van der Waals surface area contributed by atoms with E-state index in [0.717, 1.165) is 0 Å². The normalized spacial score (nSPS) is 16.6. The Balaban J connectivity index is 1.86. The van der Waals surface area contributed by atoms with Crippen molar-refractivity contribution in [1.29, 1.82) is 0 Å². The molecule has 3 unspecified atom stereocenters. The van der Waals surface area contributed by atoms with Crippen LogP contribution in [0, 0.1) is 0 Å². The number of hydrogen-bond acceptors (Lipinski definition) is 9. The number of aromatic nitrogens is 4. The van der Waals surface area contributed by atoms with Crippen molar-refractivity contribution in [3.8, 4) is 0 Å². The van der Waals surface area contributed by atoms with Crippen LogP contribution < -0.4 is 11.5 Å². The number of nitrogens with zero attached hydrogens (tertiary/aromatic N) is 4. The van der Waals surface area contributed by atoms with E-state index < -0.39 is 20.0 Å². The molecular weight excluding hydrogens is 351 g/mol. The van der Waals surface area contributed by atoms with Gasteiger partial charge in [-0.05, 0) is 6.92 Å². The van der Waals surface area contributed by atoms with Gasteiger partial charge in [0.2, 0.25) is 0 Å². The van der Waals surface area contributed by atoms with Gasteiger partial charge in [0.05, 0.1) is 38.2 Å². The quantitative estimate of drug-likeness (QED) is 0.481. The average Bonchev–Trinajstić information content (AvgIpc) is 2.96. The van der Waals surface area contributed by atoms with E-state index in [0.29, 0.717) is 17.7 Å². The van der Waals surface area contributed by atoms with Gasteiger partial charge in [-0.1, -0.05) is 0 Å². The van der Waals surface area contributed by atoms with Gasteiger partial charge in [-0.15, -0.1) is 0 Å². The first-order chi connectivity index (χ1) is 11.8. The molecule has 0 bridgehead atoms. The van der Waals surface area contributed by atoms with Gasteiger partial charge in [-0.2, -0.15) is 0 Å². The molecule has 0 aliphatic heterocycles.